The standard InChI is InChI=1S/C23H30Cl2N4O3/c1-4-7-8-15(5-2)22(30)29-11-9-28(10-12-29)21-20(23(31)32-6-3)26-18-13-16(24)17(25)14-19(18)27-21/h13-15H,4-12H2,1-3H3/t15-/m0/s1. The van der Waals surface area contributed by atoms with Crippen molar-refractivity contribution >= 4 is 51.9 Å². The second-order valence-electron chi connectivity index (χ2n) is 7.93. The summed E-state index contributed by atoms with van der Waals surface area (Å²) in [7, 11) is 0. The third kappa shape index (κ3) is 5.44. The normalized spacial score (nSPS) is 15.2. The summed E-state index contributed by atoms with van der Waals surface area (Å²) < 4.78 is 5.21. The Morgan fingerprint density at radius 1 is 1.03 bits per heavy atom. The van der Waals surface area contributed by atoms with Gasteiger partial charge in [0.2, 0.25) is 5.91 Å². The number of aromatic nitrogens is 2. The van der Waals surface area contributed by atoms with Gasteiger partial charge in [0.15, 0.2) is 11.5 Å². The maximum absolute atomic E-state index is 13.0. The second kappa shape index (κ2) is 11.1. The fourth-order valence-corrected chi connectivity index (χ4v) is 4.26. The molecule has 0 bridgehead atoms. The van der Waals surface area contributed by atoms with Crippen LogP contribution in [0.2, 0.25) is 10.0 Å². The third-order valence-corrected chi connectivity index (χ3v) is 6.52. The Morgan fingerprint density at radius 3 is 2.22 bits per heavy atom. The number of carbonyl (C=O) groups excluding carboxylic acids is 2. The zero-order valence-electron chi connectivity index (χ0n) is 18.9. The van der Waals surface area contributed by atoms with Crippen LogP contribution in [-0.4, -0.2) is 59.5 Å². The van der Waals surface area contributed by atoms with Crippen molar-refractivity contribution in [1.82, 2.24) is 14.9 Å². The Bertz CT molecular complexity index is 977. The number of piperazine rings is 1. The van der Waals surface area contributed by atoms with Gasteiger partial charge in [0.05, 0.1) is 27.7 Å². The molecule has 2 aromatic rings. The average molecular weight is 481 g/mol. The maximum Gasteiger partial charge on any atom is 0.360 e. The SMILES string of the molecule is CCCC[C@H](CC)C(=O)N1CCN(c2nc3cc(Cl)c(Cl)cc3nc2C(=O)OCC)CC1. The molecular formula is C23H30Cl2N4O3. The summed E-state index contributed by atoms with van der Waals surface area (Å²) in [6, 6.07) is 3.24. The molecule has 1 saturated heterocycles. The van der Waals surface area contributed by atoms with Crippen molar-refractivity contribution in [1.29, 1.82) is 0 Å². The van der Waals surface area contributed by atoms with Gasteiger partial charge in [-0.05, 0) is 31.9 Å². The highest BCUT2D eigenvalue weighted by Crippen LogP contribution is 2.29. The largest absolute Gasteiger partial charge is 0.461 e. The fourth-order valence-electron chi connectivity index (χ4n) is 3.95. The smallest absolute Gasteiger partial charge is 0.360 e. The van der Waals surface area contributed by atoms with Crippen LogP contribution in [0.15, 0.2) is 12.1 Å². The number of anilines is 1. The predicted molar refractivity (Wildman–Crippen MR) is 128 cm³/mol. The molecule has 9 heteroatoms. The Kier molecular flexibility index (Phi) is 8.54. The van der Waals surface area contributed by atoms with Crippen molar-refractivity contribution in [2.24, 2.45) is 5.92 Å². The first-order valence-electron chi connectivity index (χ1n) is 11.3. The van der Waals surface area contributed by atoms with E-state index in [1.807, 2.05) is 9.80 Å². The summed E-state index contributed by atoms with van der Waals surface area (Å²) in [4.78, 5) is 38.7. The van der Waals surface area contributed by atoms with E-state index < -0.39 is 5.97 Å². The minimum Gasteiger partial charge on any atom is -0.461 e. The maximum atomic E-state index is 13.0. The van der Waals surface area contributed by atoms with Crippen LogP contribution in [0.1, 0.15) is 56.9 Å². The molecule has 3 rings (SSSR count). The van der Waals surface area contributed by atoms with Crippen LogP contribution in [0.3, 0.4) is 0 Å². The molecule has 1 aromatic carbocycles. The molecular weight excluding hydrogens is 451 g/mol. The summed E-state index contributed by atoms with van der Waals surface area (Å²) in [6.07, 6.45) is 3.93. The van der Waals surface area contributed by atoms with E-state index in [1.54, 1.807) is 19.1 Å². The van der Waals surface area contributed by atoms with Crippen LogP contribution in [0.4, 0.5) is 5.82 Å². The van der Waals surface area contributed by atoms with Crippen molar-refractivity contribution in [3.63, 3.8) is 0 Å². The van der Waals surface area contributed by atoms with E-state index in [4.69, 9.17) is 27.9 Å². The summed E-state index contributed by atoms with van der Waals surface area (Å²) in [5.74, 6) is 0.202. The van der Waals surface area contributed by atoms with Crippen LogP contribution in [0.25, 0.3) is 11.0 Å². The number of hydrogen-bond donors (Lipinski definition) is 0. The molecule has 1 amide bonds. The Hall–Kier alpha value is -2.12. The first-order chi connectivity index (χ1) is 15.4. The van der Waals surface area contributed by atoms with Crippen LogP contribution >= 0.6 is 23.2 Å². The molecule has 2 heterocycles. The Morgan fingerprint density at radius 2 is 1.66 bits per heavy atom. The molecule has 0 spiro atoms. The molecule has 1 fully saturated rings. The van der Waals surface area contributed by atoms with Crippen LogP contribution in [-0.2, 0) is 9.53 Å². The molecule has 32 heavy (non-hydrogen) atoms. The molecule has 0 saturated carbocycles. The summed E-state index contributed by atoms with van der Waals surface area (Å²) in [6.45, 7) is 8.46. The number of carbonyl (C=O) groups is 2. The van der Waals surface area contributed by atoms with Gasteiger partial charge in [0.1, 0.15) is 0 Å². The number of halogens is 2. The van der Waals surface area contributed by atoms with Gasteiger partial charge in [-0.1, -0.05) is 49.9 Å². The van der Waals surface area contributed by atoms with Crippen LogP contribution < -0.4 is 4.90 Å². The van der Waals surface area contributed by atoms with Crippen LogP contribution in [0, 0.1) is 5.92 Å². The highest BCUT2D eigenvalue weighted by molar-refractivity contribution is 6.42. The quantitative estimate of drug-likeness (QED) is 0.495. The van der Waals surface area contributed by atoms with Crippen molar-refractivity contribution in [3.05, 3.63) is 27.9 Å². The molecule has 1 aromatic heterocycles. The van der Waals surface area contributed by atoms with E-state index in [1.165, 1.54) is 0 Å². The van der Waals surface area contributed by atoms with Gasteiger partial charge in [0.25, 0.3) is 0 Å². The molecule has 0 aliphatic carbocycles. The number of benzene rings is 1. The number of fused-ring (bicyclic) bond motifs is 1. The van der Waals surface area contributed by atoms with E-state index in [2.05, 4.69) is 23.8 Å². The van der Waals surface area contributed by atoms with E-state index in [9.17, 15) is 9.59 Å². The molecule has 1 aliphatic heterocycles. The minimum atomic E-state index is -0.535. The lowest BCUT2D eigenvalue weighted by Gasteiger charge is -2.37. The van der Waals surface area contributed by atoms with Gasteiger partial charge >= 0.3 is 5.97 Å². The first-order valence-corrected chi connectivity index (χ1v) is 12.0. The zero-order valence-corrected chi connectivity index (χ0v) is 20.4. The van der Waals surface area contributed by atoms with E-state index in [-0.39, 0.29) is 24.1 Å². The second-order valence-corrected chi connectivity index (χ2v) is 8.75. The topological polar surface area (TPSA) is 75.6 Å². The Labute approximate surface area is 199 Å². The van der Waals surface area contributed by atoms with E-state index in [0.717, 1.165) is 25.7 Å². The summed E-state index contributed by atoms with van der Waals surface area (Å²) in [5.41, 5.74) is 1.17. The molecule has 174 valence electrons. The predicted octanol–water partition coefficient (Wildman–Crippen LogP) is 4.98. The minimum absolute atomic E-state index is 0.0731. The van der Waals surface area contributed by atoms with Gasteiger partial charge in [-0.15, -0.1) is 0 Å². The lowest BCUT2D eigenvalue weighted by atomic mass is 9.97. The number of rotatable bonds is 8. The first kappa shape index (κ1) is 24.5. The fraction of sp³-hybridized carbons (Fsp3) is 0.565. The third-order valence-electron chi connectivity index (χ3n) is 5.80. The molecule has 1 aliphatic rings. The van der Waals surface area contributed by atoms with Gasteiger partial charge in [-0.25, -0.2) is 14.8 Å². The lowest BCUT2D eigenvalue weighted by Crippen LogP contribution is -2.51. The zero-order chi connectivity index (χ0) is 23.3. The average Bonchev–Trinajstić information content (AvgIpc) is 2.79. The van der Waals surface area contributed by atoms with Crippen LogP contribution in [0.5, 0.6) is 0 Å². The van der Waals surface area contributed by atoms with Crippen molar-refractivity contribution in [3.8, 4) is 0 Å². The van der Waals surface area contributed by atoms with Gasteiger partial charge in [-0.3, -0.25) is 4.79 Å². The molecule has 7 nitrogen and oxygen atoms in total. The summed E-state index contributed by atoms with van der Waals surface area (Å²) in [5, 5.41) is 0.716. The van der Waals surface area contributed by atoms with E-state index >= 15 is 0 Å². The number of amides is 1. The molecule has 0 N–H and O–H groups in total. The van der Waals surface area contributed by atoms with Crippen molar-refractivity contribution < 1.29 is 14.3 Å². The number of esters is 1. The number of nitrogens with zero attached hydrogens (tertiary/aromatic N) is 4. The Balaban J connectivity index is 1.84. The number of unbranched alkanes of at least 4 members (excludes halogenated alkanes) is 1. The number of hydrogen-bond acceptors (Lipinski definition) is 6. The van der Waals surface area contributed by atoms with Gasteiger partial charge in [-0.2, -0.15) is 0 Å². The van der Waals surface area contributed by atoms with Crippen molar-refractivity contribution in [2.45, 2.75) is 46.5 Å². The monoisotopic (exact) mass is 480 g/mol. The summed E-state index contributed by atoms with van der Waals surface area (Å²) >= 11 is 12.3. The highest BCUT2D eigenvalue weighted by atomic mass is 35.5. The molecule has 0 unspecified atom stereocenters. The molecule has 1 atom stereocenters. The van der Waals surface area contributed by atoms with Gasteiger partial charge < -0.3 is 14.5 Å². The highest BCUT2D eigenvalue weighted by Gasteiger charge is 2.29. The number of ether oxygens (including phenoxy) is 1. The van der Waals surface area contributed by atoms with Gasteiger partial charge in [0, 0.05) is 32.1 Å². The van der Waals surface area contributed by atoms with E-state index in [0.29, 0.717) is 53.1 Å². The molecule has 0 radical (unpaired) electrons. The lowest BCUT2D eigenvalue weighted by molar-refractivity contribution is -0.136. The van der Waals surface area contributed by atoms with Crippen molar-refractivity contribution in [2.75, 3.05) is 37.7 Å².